The summed E-state index contributed by atoms with van der Waals surface area (Å²) in [6.45, 7) is 7.85. The Morgan fingerprint density at radius 3 is 2.21 bits per heavy atom. The first-order valence-corrected chi connectivity index (χ1v) is 6.41. The van der Waals surface area contributed by atoms with Crippen LogP contribution >= 0.6 is 0 Å². The van der Waals surface area contributed by atoms with Gasteiger partial charge >= 0.3 is 5.97 Å². The molecule has 3 unspecified atom stereocenters. The Kier molecular flexibility index (Phi) is 6.79. The van der Waals surface area contributed by atoms with Gasteiger partial charge in [0, 0.05) is 16.0 Å². The highest BCUT2D eigenvalue weighted by Gasteiger charge is 2.27. The molecule has 0 aromatic carbocycles. The lowest BCUT2D eigenvalue weighted by molar-refractivity contribution is -0.142. The number of hydrogen-bond acceptors (Lipinski definition) is 3. The van der Waals surface area contributed by atoms with Gasteiger partial charge in [-0.15, -0.1) is 0 Å². The zero-order valence-electron chi connectivity index (χ0n) is 9.41. The van der Waals surface area contributed by atoms with Crippen molar-refractivity contribution in [2.24, 2.45) is 0 Å². The van der Waals surface area contributed by atoms with Gasteiger partial charge in [0.05, 0.1) is 6.61 Å². The highest BCUT2D eigenvalue weighted by atomic mass is 32.2. The van der Waals surface area contributed by atoms with E-state index in [1.54, 1.807) is 6.92 Å². The zero-order chi connectivity index (χ0) is 11.1. The summed E-state index contributed by atoms with van der Waals surface area (Å²) in [6, 6.07) is 0. The van der Waals surface area contributed by atoms with Crippen molar-refractivity contribution in [2.45, 2.75) is 51.0 Å². The third-order valence-corrected chi connectivity index (χ3v) is 4.39. The Hall–Kier alpha value is -0.380. The van der Waals surface area contributed by atoms with Crippen LogP contribution in [0, 0.1) is 0 Å². The Balaban J connectivity index is 4.39. The summed E-state index contributed by atoms with van der Waals surface area (Å²) in [5, 5.41) is -0.394. The van der Waals surface area contributed by atoms with E-state index in [1.165, 1.54) is 0 Å². The van der Waals surface area contributed by atoms with Gasteiger partial charge in [-0.25, -0.2) is 0 Å². The second kappa shape index (κ2) is 6.98. The van der Waals surface area contributed by atoms with E-state index in [4.69, 9.17) is 4.74 Å². The van der Waals surface area contributed by atoms with Crippen LogP contribution in [0.3, 0.4) is 0 Å². The van der Waals surface area contributed by atoms with E-state index in [1.807, 2.05) is 20.8 Å². The van der Waals surface area contributed by atoms with Crippen molar-refractivity contribution in [3.05, 3.63) is 0 Å². The minimum absolute atomic E-state index is 0.0596. The zero-order valence-corrected chi connectivity index (χ0v) is 10.2. The minimum atomic E-state index is -1.11. The maximum atomic E-state index is 11.8. The fourth-order valence-electron chi connectivity index (χ4n) is 1.11. The van der Waals surface area contributed by atoms with Crippen LogP contribution in [0.4, 0.5) is 0 Å². The summed E-state index contributed by atoms with van der Waals surface area (Å²) in [5.41, 5.74) is 0. The summed E-state index contributed by atoms with van der Waals surface area (Å²) in [4.78, 5) is 11.4. The number of hydrogen-bond donors (Lipinski definition) is 0. The van der Waals surface area contributed by atoms with Gasteiger partial charge in [-0.1, -0.05) is 20.8 Å². The molecule has 0 spiro atoms. The van der Waals surface area contributed by atoms with Gasteiger partial charge in [0.25, 0.3) is 0 Å². The van der Waals surface area contributed by atoms with Crippen LogP contribution in [0.25, 0.3) is 0 Å². The molecule has 0 aliphatic heterocycles. The molecule has 0 rings (SSSR count). The second-order valence-corrected chi connectivity index (χ2v) is 5.23. The molecule has 4 heteroatoms. The molecular weight excluding hydrogens is 200 g/mol. The second-order valence-electron chi connectivity index (χ2n) is 3.20. The molecule has 0 aromatic heterocycles. The third-order valence-electron chi connectivity index (χ3n) is 2.17. The van der Waals surface area contributed by atoms with E-state index < -0.39 is 16.0 Å². The maximum absolute atomic E-state index is 11.8. The Bertz CT molecular complexity index is 204. The number of carbonyl (C=O) groups is 1. The standard InChI is InChI=1S/C10H20O3S/c1-5-8(4)14(12)9(6-2)10(11)13-7-3/h8-9H,5-7H2,1-4H3. The quantitative estimate of drug-likeness (QED) is 0.642. The average Bonchev–Trinajstić information content (AvgIpc) is 2.18. The van der Waals surface area contributed by atoms with Gasteiger partial charge in [-0.05, 0) is 19.8 Å². The number of carbonyl (C=O) groups excluding carboxylic acids is 1. The highest BCUT2D eigenvalue weighted by molar-refractivity contribution is 7.87. The summed E-state index contributed by atoms with van der Waals surface area (Å²) in [6.07, 6.45) is 1.40. The molecule has 0 aliphatic carbocycles. The summed E-state index contributed by atoms with van der Waals surface area (Å²) in [7, 11) is -1.11. The molecule has 84 valence electrons. The van der Waals surface area contributed by atoms with Crippen LogP contribution in [-0.4, -0.2) is 27.3 Å². The molecule has 0 bridgehead atoms. The predicted octanol–water partition coefficient (Wildman–Crippen LogP) is 1.88. The van der Waals surface area contributed by atoms with Crippen LogP contribution in [0.1, 0.15) is 40.5 Å². The van der Waals surface area contributed by atoms with Crippen molar-refractivity contribution in [3.8, 4) is 0 Å². The number of esters is 1. The van der Waals surface area contributed by atoms with Crippen LogP contribution in [-0.2, 0) is 20.3 Å². The van der Waals surface area contributed by atoms with E-state index in [9.17, 15) is 9.00 Å². The van der Waals surface area contributed by atoms with Crippen molar-refractivity contribution in [3.63, 3.8) is 0 Å². The van der Waals surface area contributed by atoms with Crippen LogP contribution in [0.2, 0.25) is 0 Å². The van der Waals surface area contributed by atoms with Gasteiger partial charge < -0.3 is 4.74 Å². The van der Waals surface area contributed by atoms with E-state index in [0.717, 1.165) is 6.42 Å². The Labute approximate surface area is 88.7 Å². The molecular formula is C10H20O3S. The molecule has 0 aliphatic rings. The first-order chi connectivity index (χ1) is 6.58. The van der Waals surface area contributed by atoms with Gasteiger partial charge in [0.1, 0.15) is 5.25 Å². The van der Waals surface area contributed by atoms with Crippen LogP contribution in [0.5, 0.6) is 0 Å². The monoisotopic (exact) mass is 220 g/mol. The average molecular weight is 220 g/mol. The highest BCUT2D eigenvalue weighted by Crippen LogP contribution is 2.12. The van der Waals surface area contributed by atoms with E-state index >= 15 is 0 Å². The lowest BCUT2D eigenvalue weighted by atomic mass is 10.3. The van der Waals surface area contributed by atoms with Gasteiger partial charge in [-0.3, -0.25) is 9.00 Å². The molecule has 0 amide bonds. The largest absolute Gasteiger partial charge is 0.465 e. The molecule has 0 saturated carbocycles. The van der Waals surface area contributed by atoms with E-state index in [2.05, 4.69) is 0 Å². The Morgan fingerprint density at radius 1 is 1.29 bits per heavy atom. The SMILES string of the molecule is CCOC(=O)C(CC)S(=O)C(C)CC. The van der Waals surface area contributed by atoms with Crippen molar-refractivity contribution >= 4 is 16.8 Å². The molecule has 0 saturated heterocycles. The smallest absolute Gasteiger partial charge is 0.321 e. The van der Waals surface area contributed by atoms with Gasteiger partial charge in [0.2, 0.25) is 0 Å². The molecule has 3 atom stereocenters. The third kappa shape index (κ3) is 3.78. The lowest BCUT2D eigenvalue weighted by Crippen LogP contribution is -2.32. The predicted molar refractivity (Wildman–Crippen MR) is 58.6 cm³/mol. The normalized spacial score (nSPS) is 17.1. The van der Waals surface area contributed by atoms with Gasteiger partial charge in [0.15, 0.2) is 0 Å². The molecule has 0 aromatic rings. The van der Waals surface area contributed by atoms with Crippen LogP contribution < -0.4 is 0 Å². The molecule has 0 radical (unpaired) electrons. The summed E-state index contributed by atoms with van der Waals surface area (Å²) < 4.78 is 16.7. The first-order valence-electron chi connectivity index (χ1n) is 5.14. The number of ether oxygens (including phenoxy) is 1. The van der Waals surface area contributed by atoms with Crippen molar-refractivity contribution in [1.82, 2.24) is 0 Å². The Morgan fingerprint density at radius 2 is 1.86 bits per heavy atom. The summed E-state index contributed by atoms with van der Waals surface area (Å²) >= 11 is 0. The van der Waals surface area contributed by atoms with Crippen molar-refractivity contribution in [1.29, 1.82) is 0 Å². The molecule has 3 nitrogen and oxygen atoms in total. The van der Waals surface area contributed by atoms with Gasteiger partial charge in [-0.2, -0.15) is 0 Å². The lowest BCUT2D eigenvalue weighted by Gasteiger charge is -2.16. The topological polar surface area (TPSA) is 43.4 Å². The van der Waals surface area contributed by atoms with E-state index in [-0.39, 0.29) is 11.2 Å². The molecule has 0 N–H and O–H groups in total. The van der Waals surface area contributed by atoms with Crippen molar-refractivity contribution in [2.75, 3.05) is 6.61 Å². The maximum Gasteiger partial charge on any atom is 0.321 e. The van der Waals surface area contributed by atoms with E-state index in [0.29, 0.717) is 13.0 Å². The molecule has 0 fully saturated rings. The fourth-order valence-corrected chi connectivity index (χ4v) is 2.58. The molecule has 0 heterocycles. The van der Waals surface area contributed by atoms with Crippen molar-refractivity contribution < 1.29 is 13.7 Å². The first kappa shape index (κ1) is 13.6. The summed E-state index contributed by atoms with van der Waals surface area (Å²) in [5.74, 6) is -0.325. The molecule has 14 heavy (non-hydrogen) atoms. The number of rotatable bonds is 6. The fraction of sp³-hybridized carbons (Fsp3) is 0.900. The van der Waals surface area contributed by atoms with Crippen LogP contribution in [0.15, 0.2) is 0 Å². The minimum Gasteiger partial charge on any atom is -0.465 e.